The van der Waals surface area contributed by atoms with Gasteiger partial charge < -0.3 is 10.2 Å². The zero-order valence-corrected chi connectivity index (χ0v) is 14.2. The van der Waals surface area contributed by atoms with Gasteiger partial charge in [0.2, 0.25) is 5.91 Å². The van der Waals surface area contributed by atoms with Gasteiger partial charge in [0.15, 0.2) is 6.54 Å². The molecule has 0 saturated carbocycles. The van der Waals surface area contributed by atoms with Gasteiger partial charge in [0.1, 0.15) is 25.6 Å². The number of hydrogen-bond donors (Lipinski definition) is 1. The van der Waals surface area contributed by atoms with Gasteiger partial charge in [-0.05, 0) is 36.4 Å². The van der Waals surface area contributed by atoms with Crippen LogP contribution in [0.4, 0.5) is 10.1 Å². The van der Waals surface area contributed by atoms with Crippen molar-refractivity contribution in [3.8, 4) is 0 Å². The third-order valence-corrected chi connectivity index (χ3v) is 4.29. The number of benzene rings is 2. The first-order valence-corrected chi connectivity index (χ1v) is 8.30. The fraction of sp³-hybridized carbons (Fsp3) is 0.222. The van der Waals surface area contributed by atoms with Crippen molar-refractivity contribution in [2.45, 2.75) is 6.54 Å². The van der Waals surface area contributed by atoms with E-state index in [4.69, 9.17) is 11.6 Å². The molecular weight excluding hydrogens is 345 g/mol. The molecule has 0 radical (unpaired) electrons. The fourth-order valence-corrected chi connectivity index (χ4v) is 2.80. The van der Waals surface area contributed by atoms with Crippen LogP contribution in [-0.2, 0) is 16.1 Å². The Morgan fingerprint density at radius 1 is 1.12 bits per heavy atom. The van der Waals surface area contributed by atoms with Crippen molar-refractivity contribution < 1.29 is 19.3 Å². The van der Waals surface area contributed by atoms with E-state index in [1.54, 1.807) is 41.3 Å². The maximum absolute atomic E-state index is 12.9. The van der Waals surface area contributed by atoms with E-state index in [1.807, 2.05) is 5.32 Å². The van der Waals surface area contributed by atoms with Crippen molar-refractivity contribution >= 4 is 29.1 Å². The Morgan fingerprint density at radius 2 is 1.80 bits per heavy atom. The van der Waals surface area contributed by atoms with Crippen molar-refractivity contribution in [3.05, 3.63) is 64.9 Å². The number of carbonyl (C=O) groups is 2. The Bertz CT molecular complexity index is 765. The molecule has 0 spiro atoms. The topological polar surface area (TPSA) is 57.2 Å². The Labute approximate surface area is 150 Å². The minimum absolute atomic E-state index is 0.0752. The molecule has 0 atom stereocenters. The first kappa shape index (κ1) is 17.4. The largest absolute Gasteiger partial charge is 0.335 e. The third kappa shape index (κ3) is 4.35. The highest BCUT2D eigenvalue weighted by atomic mass is 35.5. The van der Waals surface area contributed by atoms with Gasteiger partial charge in [-0.25, -0.2) is 4.39 Å². The number of nitrogens with zero attached hydrogens (tertiary/aromatic N) is 2. The molecule has 1 fully saturated rings. The molecule has 0 aromatic heterocycles. The summed E-state index contributed by atoms with van der Waals surface area (Å²) in [5.74, 6) is -0.501. The van der Waals surface area contributed by atoms with Crippen LogP contribution in [0.25, 0.3) is 0 Å². The van der Waals surface area contributed by atoms with E-state index in [-0.39, 0.29) is 37.4 Å². The van der Waals surface area contributed by atoms with Crippen LogP contribution in [0.1, 0.15) is 5.56 Å². The molecule has 1 heterocycles. The smallest absolute Gasteiger partial charge is 0.279 e. The number of quaternary nitrogens is 1. The highest BCUT2D eigenvalue weighted by molar-refractivity contribution is 6.30. The highest BCUT2D eigenvalue weighted by Gasteiger charge is 2.32. The van der Waals surface area contributed by atoms with E-state index < -0.39 is 0 Å². The predicted octanol–water partition coefficient (Wildman–Crippen LogP) is 1.38. The molecule has 2 aromatic carbocycles. The van der Waals surface area contributed by atoms with Crippen LogP contribution in [0.5, 0.6) is 0 Å². The highest BCUT2D eigenvalue weighted by Crippen LogP contribution is 2.21. The summed E-state index contributed by atoms with van der Waals surface area (Å²) in [6.45, 7) is 1.13. The maximum Gasteiger partial charge on any atom is 0.279 e. The normalized spacial score (nSPS) is 14.2. The van der Waals surface area contributed by atoms with Crippen molar-refractivity contribution in [3.63, 3.8) is 0 Å². The molecule has 2 N–H and O–H groups in total. The molecule has 2 aromatic rings. The second-order valence-electron chi connectivity index (χ2n) is 5.85. The number of hydrogen-bond acceptors (Lipinski definition) is 2. The molecule has 1 aliphatic heterocycles. The second kappa shape index (κ2) is 7.63. The first-order chi connectivity index (χ1) is 12.0. The molecule has 1 saturated heterocycles. The predicted molar refractivity (Wildman–Crippen MR) is 92.4 cm³/mol. The average Bonchev–Trinajstić information content (AvgIpc) is 2.99. The third-order valence-electron chi connectivity index (χ3n) is 4.04. The number of anilines is 1. The average molecular weight is 363 g/mol. The summed E-state index contributed by atoms with van der Waals surface area (Å²) in [4.78, 5) is 27.5. The number of rotatable bonds is 5. The van der Waals surface area contributed by atoms with Gasteiger partial charge >= 0.3 is 0 Å². The summed E-state index contributed by atoms with van der Waals surface area (Å²) in [5.41, 5.74) is 1.66. The van der Waals surface area contributed by atoms with Crippen molar-refractivity contribution in [1.29, 1.82) is 0 Å². The van der Waals surface area contributed by atoms with Crippen LogP contribution in [-0.4, -0.2) is 36.5 Å². The molecule has 0 unspecified atom stereocenters. The molecule has 0 aliphatic carbocycles. The molecule has 25 heavy (non-hydrogen) atoms. The van der Waals surface area contributed by atoms with E-state index in [2.05, 4.69) is 0 Å². The van der Waals surface area contributed by atoms with Gasteiger partial charge in [-0.3, -0.25) is 14.5 Å². The zero-order valence-electron chi connectivity index (χ0n) is 13.5. The van der Waals surface area contributed by atoms with Gasteiger partial charge in [0, 0.05) is 16.3 Å². The lowest BCUT2D eigenvalue weighted by atomic mass is 10.2. The minimum atomic E-state index is -0.280. The van der Waals surface area contributed by atoms with E-state index in [0.29, 0.717) is 11.6 Å². The zero-order chi connectivity index (χ0) is 17.8. The second-order valence-corrected chi connectivity index (χ2v) is 6.29. The standard InChI is InChI=1S/C18H17ClFN3O2/c19-14-3-7-16(8-4-14)23-12-22(11-18(23)25)17(24)10-21-9-13-1-5-15(20)6-2-13/h1-8,21H,9-12H2/p+1. The summed E-state index contributed by atoms with van der Waals surface area (Å²) in [7, 11) is 0. The van der Waals surface area contributed by atoms with Gasteiger partial charge in [0.25, 0.3) is 5.91 Å². The number of nitrogens with two attached hydrogens (primary N) is 1. The van der Waals surface area contributed by atoms with Crippen molar-refractivity contribution in [1.82, 2.24) is 4.90 Å². The van der Waals surface area contributed by atoms with Gasteiger partial charge in [-0.1, -0.05) is 23.7 Å². The van der Waals surface area contributed by atoms with Crippen LogP contribution < -0.4 is 10.2 Å². The summed E-state index contributed by atoms with van der Waals surface area (Å²) in [5, 5.41) is 2.43. The summed E-state index contributed by atoms with van der Waals surface area (Å²) in [6.07, 6.45) is 0. The van der Waals surface area contributed by atoms with E-state index in [1.165, 1.54) is 17.0 Å². The SMILES string of the molecule is O=C(C[NH2+]Cc1ccc(F)cc1)N1CC(=O)N(c2ccc(Cl)cc2)C1. The summed E-state index contributed by atoms with van der Waals surface area (Å²) >= 11 is 5.86. The summed E-state index contributed by atoms with van der Waals surface area (Å²) < 4.78 is 12.9. The molecule has 7 heteroatoms. The van der Waals surface area contributed by atoms with Crippen LogP contribution in [0.2, 0.25) is 5.02 Å². The Hall–Kier alpha value is -2.44. The number of carbonyl (C=O) groups excluding carboxylic acids is 2. The van der Waals surface area contributed by atoms with Crippen molar-refractivity contribution in [2.24, 2.45) is 0 Å². The van der Waals surface area contributed by atoms with Gasteiger partial charge in [-0.2, -0.15) is 0 Å². The number of halogens is 2. The van der Waals surface area contributed by atoms with Crippen molar-refractivity contribution in [2.75, 3.05) is 24.7 Å². The lowest BCUT2D eigenvalue weighted by molar-refractivity contribution is -0.660. The summed E-state index contributed by atoms with van der Waals surface area (Å²) in [6, 6.07) is 13.1. The molecule has 1 aliphatic rings. The number of amides is 2. The molecule has 3 rings (SSSR count). The lowest BCUT2D eigenvalue weighted by Gasteiger charge is -2.17. The maximum atomic E-state index is 12.9. The van der Waals surface area contributed by atoms with Crippen LogP contribution in [0.15, 0.2) is 48.5 Å². The minimum Gasteiger partial charge on any atom is -0.335 e. The first-order valence-electron chi connectivity index (χ1n) is 7.93. The molecule has 130 valence electrons. The Kier molecular flexibility index (Phi) is 5.31. The molecule has 2 amide bonds. The van der Waals surface area contributed by atoms with Crippen LogP contribution in [0.3, 0.4) is 0 Å². The fourth-order valence-electron chi connectivity index (χ4n) is 2.67. The molecular formula is C18H18ClFN3O2+. The monoisotopic (exact) mass is 362 g/mol. The quantitative estimate of drug-likeness (QED) is 0.873. The molecule has 5 nitrogen and oxygen atoms in total. The van der Waals surface area contributed by atoms with Gasteiger partial charge in [0.05, 0.1) is 0 Å². The Morgan fingerprint density at radius 3 is 2.48 bits per heavy atom. The van der Waals surface area contributed by atoms with Crippen LogP contribution in [0, 0.1) is 5.82 Å². The lowest BCUT2D eigenvalue weighted by Crippen LogP contribution is -2.85. The van der Waals surface area contributed by atoms with E-state index in [9.17, 15) is 14.0 Å². The van der Waals surface area contributed by atoms with E-state index in [0.717, 1.165) is 11.3 Å². The van der Waals surface area contributed by atoms with Gasteiger partial charge in [-0.15, -0.1) is 0 Å². The van der Waals surface area contributed by atoms with Crippen LogP contribution >= 0.6 is 11.6 Å². The Balaban J connectivity index is 1.52. The van der Waals surface area contributed by atoms with E-state index >= 15 is 0 Å². The molecule has 0 bridgehead atoms.